The van der Waals surface area contributed by atoms with Crippen LogP contribution < -0.4 is 4.74 Å². The maximum atomic E-state index is 5.89. The number of hydrogen-bond acceptors (Lipinski definition) is 1. The Bertz CT molecular complexity index is 381. The van der Waals surface area contributed by atoms with Crippen molar-refractivity contribution in [2.45, 2.75) is 31.0 Å². The summed E-state index contributed by atoms with van der Waals surface area (Å²) in [4.78, 5) is 0. The molecule has 1 unspecified atom stereocenters. The van der Waals surface area contributed by atoms with Gasteiger partial charge in [0.2, 0.25) is 0 Å². The molecule has 0 fully saturated rings. The van der Waals surface area contributed by atoms with E-state index in [1.807, 2.05) is 0 Å². The number of rotatable bonds is 6. The fraction of sp³-hybridized carbons (Fsp3) is 0.538. The van der Waals surface area contributed by atoms with Gasteiger partial charge >= 0.3 is 0 Å². The van der Waals surface area contributed by atoms with Crippen LogP contribution in [0.4, 0.5) is 0 Å². The molecule has 0 heterocycles. The number of benzene rings is 1. The molecule has 1 atom stereocenters. The first-order valence-corrected chi connectivity index (χ1v) is 9.25. The van der Waals surface area contributed by atoms with Crippen molar-refractivity contribution in [3.05, 3.63) is 26.6 Å². The highest BCUT2D eigenvalue weighted by atomic mass is 79.9. The van der Waals surface area contributed by atoms with E-state index in [2.05, 4.69) is 89.7 Å². The molecular formula is C13H16Br4O. The van der Waals surface area contributed by atoms with Gasteiger partial charge in [-0.3, -0.25) is 0 Å². The van der Waals surface area contributed by atoms with E-state index in [4.69, 9.17) is 4.74 Å². The van der Waals surface area contributed by atoms with E-state index in [0.717, 1.165) is 32.9 Å². The normalized spacial score (nSPS) is 14.3. The summed E-state index contributed by atoms with van der Waals surface area (Å²) < 4.78 is 7.82. The first-order chi connectivity index (χ1) is 8.39. The quantitative estimate of drug-likeness (QED) is 0.423. The SMILES string of the molecule is CCCc1cc(Br)c(OCC(C)(Br)CBr)c(Br)c1. The molecule has 0 aliphatic rings. The van der Waals surface area contributed by atoms with Gasteiger partial charge < -0.3 is 4.74 Å². The van der Waals surface area contributed by atoms with Crippen LogP contribution in [-0.2, 0) is 6.42 Å². The summed E-state index contributed by atoms with van der Waals surface area (Å²) in [5.74, 6) is 0.862. The fourth-order valence-corrected chi connectivity index (χ4v) is 3.23. The van der Waals surface area contributed by atoms with E-state index in [9.17, 15) is 0 Å². The van der Waals surface area contributed by atoms with Gasteiger partial charge in [0.05, 0.1) is 13.3 Å². The van der Waals surface area contributed by atoms with Crippen molar-refractivity contribution in [2.24, 2.45) is 0 Å². The summed E-state index contributed by atoms with van der Waals surface area (Å²) in [6.07, 6.45) is 2.22. The Kier molecular flexibility index (Phi) is 7.22. The summed E-state index contributed by atoms with van der Waals surface area (Å²) in [5, 5.41) is 0.836. The van der Waals surface area contributed by atoms with Crippen molar-refractivity contribution in [1.82, 2.24) is 0 Å². The number of aryl methyl sites for hydroxylation is 1. The second kappa shape index (κ2) is 7.65. The van der Waals surface area contributed by atoms with Gasteiger partial charge in [0, 0.05) is 5.33 Å². The Morgan fingerprint density at radius 1 is 1.22 bits per heavy atom. The minimum Gasteiger partial charge on any atom is -0.490 e. The maximum Gasteiger partial charge on any atom is 0.147 e. The third kappa shape index (κ3) is 5.14. The minimum atomic E-state index is -0.0615. The van der Waals surface area contributed by atoms with E-state index in [-0.39, 0.29) is 4.32 Å². The zero-order valence-electron chi connectivity index (χ0n) is 10.4. The van der Waals surface area contributed by atoms with Crippen molar-refractivity contribution in [1.29, 1.82) is 0 Å². The Hall–Kier alpha value is 0.940. The van der Waals surface area contributed by atoms with Gasteiger partial charge in [-0.15, -0.1) is 0 Å². The van der Waals surface area contributed by atoms with Crippen LogP contribution in [0.5, 0.6) is 5.75 Å². The highest BCUT2D eigenvalue weighted by Crippen LogP contribution is 2.36. The molecule has 1 aromatic rings. The van der Waals surface area contributed by atoms with Crippen LogP contribution in [0.15, 0.2) is 21.1 Å². The molecule has 0 aliphatic carbocycles. The molecule has 0 N–H and O–H groups in total. The molecule has 0 bridgehead atoms. The average Bonchev–Trinajstić information content (AvgIpc) is 2.28. The fourth-order valence-electron chi connectivity index (χ4n) is 1.44. The van der Waals surface area contributed by atoms with Crippen molar-refractivity contribution in [3.63, 3.8) is 0 Å². The van der Waals surface area contributed by atoms with E-state index >= 15 is 0 Å². The van der Waals surface area contributed by atoms with Gasteiger partial charge in [-0.1, -0.05) is 45.2 Å². The van der Waals surface area contributed by atoms with Crippen LogP contribution >= 0.6 is 63.7 Å². The van der Waals surface area contributed by atoms with Gasteiger partial charge in [0.25, 0.3) is 0 Å². The Balaban J connectivity index is 2.84. The standard InChI is InChI=1S/C13H16Br4O/c1-3-4-9-5-10(15)12(11(16)6-9)18-8-13(2,17)7-14/h5-6H,3-4,7-8H2,1-2H3. The largest absolute Gasteiger partial charge is 0.490 e. The van der Waals surface area contributed by atoms with E-state index < -0.39 is 0 Å². The molecule has 18 heavy (non-hydrogen) atoms. The molecular weight excluding hydrogens is 492 g/mol. The first-order valence-electron chi connectivity index (χ1n) is 5.75. The smallest absolute Gasteiger partial charge is 0.147 e. The van der Waals surface area contributed by atoms with E-state index in [1.54, 1.807) is 0 Å². The molecule has 0 saturated carbocycles. The number of halogens is 4. The van der Waals surface area contributed by atoms with Crippen molar-refractivity contribution >= 4 is 63.7 Å². The predicted octanol–water partition coefficient (Wildman–Crippen LogP) is 6.09. The molecule has 5 heteroatoms. The Morgan fingerprint density at radius 3 is 2.22 bits per heavy atom. The van der Waals surface area contributed by atoms with Crippen molar-refractivity contribution < 1.29 is 4.74 Å². The summed E-state index contributed by atoms with van der Waals surface area (Å²) in [7, 11) is 0. The van der Waals surface area contributed by atoms with E-state index in [1.165, 1.54) is 5.56 Å². The summed E-state index contributed by atoms with van der Waals surface area (Å²) in [5.41, 5.74) is 1.31. The highest BCUT2D eigenvalue weighted by Gasteiger charge is 2.21. The average molecular weight is 508 g/mol. The molecule has 0 radical (unpaired) electrons. The lowest BCUT2D eigenvalue weighted by molar-refractivity contribution is 0.289. The monoisotopic (exact) mass is 504 g/mol. The zero-order chi connectivity index (χ0) is 13.8. The third-order valence-corrected chi connectivity index (χ3v) is 6.07. The number of ether oxygens (including phenoxy) is 1. The summed E-state index contributed by atoms with van der Waals surface area (Å²) >= 11 is 14.2. The van der Waals surface area contributed by atoms with Gasteiger partial charge in [-0.05, 0) is 62.9 Å². The van der Waals surface area contributed by atoms with Crippen molar-refractivity contribution in [3.8, 4) is 5.75 Å². The summed E-state index contributed by atoms with van der Waals surface area (Å²) in [6, 6.07) is 4.26. The summed E-state index contributed by atoms with van der Waals surface area (Å²) in [6.45, 7) is 4.87. The lowest BCUT2D eigenvalue weighted by atomic mass is 10.1. The molecule has 0 amide bonds. The van der Waals surface area contributed by atoms with Gasteiger partial charge in [-0.2, -0.15) is 0 Å². The number of hydrogen-bond donors (Lipinski definition) is 0. The molecule has 0 aliphatic heterocycles. The molecule has 1 nitrogen and oxygen atoms in total. The lowest BCUT2D eigenvalue weighted by Crippen LogP contribution is -2.27. The van der Waals surface area contributed by atoms with E-state index in [0.29, 0.717) is 6.61 Å². The second-order valence-electron chi connectivity index (χ2n) is 4.47. The third-order valence-electron chi connectivity index (χ3n) is 2.39. The molecule has 1 aromatic carbocycles. The van der Waals surface area contributed by atoms with Crippen molar-refractivity contribution in [2.75, 3.05) is 11.9 Å². The molecule has 102 valence electrons. The first kappa shape index (κ1) is 17.0. The highest BCUT2D eigenvalue weighted by molar-refractivity contribution is 9.12. The van der Waals surface area contributed by atoms with Gasteiger partial charge in [0.1, 0.15) is 12.4 Å². The molecule has 0 spiro atoms. The van der Waals surface area contributed by atoms with Crippen LogP contribution in [-0.4, -0.2) is 16.3 Å². The van der Waals surface area contributed by atoms with Gasteiger partial charge in [-0.25, -0.2) is 0 Å². The number of alkyl halides is 2. The Morgan fingerprint density at radius 2 is 1.78 bits per heavy atom. The second-order valence-corrected chi connectivity index (χ2v) is 8.66. The van der Waals surface area contributed by atoms with Crippen LogP contribution in [0.3, 0.4) is 0 Å². The lowest BCUT2D eigenvalue weighted by Gasteiger charge is -2.21. The Labute approximate surface area is 143 Å². The topological polar surface area (TPSA) is 9.23 Å². The van der Waals surface area contributed by atoms with Gasteiger partial charge in [0.15, 0.2) is 0 Å². The maximum absolute atomic E-state index is 5.89. The zero-order valence-corrected chi connectivity index (χ0v) is 16.7. The predicted molar refractivity (Wildman–Crippen MR) is 92.5 cm³/mol. The molecule has 0 saturated heterocycles. The van der Waals surface area contributed by atoms with Crippen LogP contribution in [0.2, 0.25) is 0 Å². The van der Waals surface area contributed by atoms with Crippen LogP contribution in [0, 0.1) is 0 Å². The van der Waals surface area contributed by atoms with Crippen LogP contribution in [0.25, 0.3) is 0 Å². The van der Waals surface area contributed by atoms with Crippen LogP contribution in [0.1, 0.15) is 25.8 Å². The minimum absolute atomic E-state index is 0.0615. The molecule has 1 rings (SSSR count). The molecule has 0 aromatic heterocycles.